The fraction of sp³-hybridized carbons (Fsp3) is 0.152. The number of hydrogen-bond acceptors (Lipinski definition) is 2. The maximum absolute atomic E-state index is 14.3. The monoisotopic (exact) mass is 553 g/mol. The summed E-state index contributed by atoms with van der Waals surface area (Å²) in [6.45, 7) is 5.20. The topological polar surface area (TPSA) is 38.1 Å². The fourth-order valence-corrected chi connectivity index (χ4v) is 4.81. The van der Waals surface area contributed by atoms with E-state index in [1.54, 1.807) is 16.8 Å². The summed E-state index contributed by atoms with van der Waals surface area (Å²) in [4.78, 5) is 16.2. The highest BCUT2D eigenvalue weighted by atomic mass is 35.5. The quantitative estimate of drug-likeness (QED) is 0.193. The number of hydrogen-bond donors (Lipinski definition) is 0. The van der Waals surface area contributed by atoms with Gasteiger partial charge in [0, 0.05) is 18.7 Å². The Bertz CT molecular complexity index is 1600. The lowest BCUT2D eigenvalue weighted by Gasteiger charge is -2.23. The lowest BCUT2D eigenvalue weighted by Crippen LogP contribution is -2.34. The summed E-state index contributed by atoms with van der Waals surface area (Å²) in [6, 6.07) is 33.6. The van der Waals surface area contributed by atoms with Crippen LogP contribution in [0.15, 0.2) is 103 Å². The number of carbonyl (C=O) groups excluding carboxylic acids is 1. The zero-order valence-corrected chi connectivity index (χ0v) is 23.5. The number of carbonyl (C=O) groups is 1. The van der Waals surface area contributed by atoms with Crippen molar-refractivity contribution in [2.45, 2.75) is 26.8 Å². The van der Waals surface area contributed by atoms with E-state index in [9.17, 15) is 4.79 Å². The van der Waals surface area contributed by atoms with Crippen LogP contribution in [0.25, 0.3) is 16.9 Å². The van der Waals surface area contributed by atoms with Crippen LogP contribution in [-0.2, 0) is 13.0 Å². The minimum atomic E-state index is -0.108. The Labute approximate surface area is 239 Å². The van der Waals surface area contributed by atoms with Crippen molar-refractivity contribution in [2.24, 2.45) is 0 Å². The lowest BCUT2D eigenvalue weighted by molar-refractivity contribution is 0.0736. The van der Waals surface area contributed by atoms with Crippen LogP contribution in [0.1, 0.15) is 32.7 Å². The molecule has 0 aliphatic rings. The third-order valence-electron chi connectivity index (χ3n) is 6.90. The molecule has 0 saturated heterocycles. The highest BCUT2D eigenvalue weighted by Crippen LogP contribution is 2.29. The van der Waals surface area contributed by atoms with Crippen molar-refractivity contribution in [3.63, 3.8) is 0 Å². The minimum Gasteiger partial charge on any atom is -0.333 e. The Morgan fingerprint density at radius 1 is 0.769 bits per heavy atom. The second kappa shape index (κ2) is 11.9. The van der Waals surface area contributed by atoms with E-state index in [-0.39, 0.29) is 5.91 Å². The Morgan fingerprint density at radius 3 is 2.13 bits per heavy atom. The molecular formula is C33H29Cl2N3O. The Hall–Kier alpha value is -3.86. The Kier molecular flexibility index (Phi) is 8.16. The average Bonchev–Trinajstić information content (AvgIpc) is 3.40. The van der Waals surface area contributed by atoms with Crippen LogP contribution in [0.4, 0.5) is 0 Å². The normalized spacial score (nSPS) is 11.0. The zero-order chi connectivity index (χ0) is 27.4. The van der Waals surface area contributed by atoms with Crippen molar-refractivity contribution in [3.8, 4) is 16.9 Å². The summed E-state index contributed by atoms with van der Waals surface area (Å²) < 4.78 is 1.68. The Balaban J connectivity index is 1.57. The van der Waals surface area contributed by atoms with Crippen LogP contribution in [0.2, 0.25) is 10.0 Å². The number of halogens is 2. The average molecular weight is 555 g/mol. The number of aromatic nitrogens is 2. The van der Waals surface area contributed by atoms with Gasteiger partial charge in [-0.15, -0.1) is 0 Å². The molecule has 1 heterocycles. The molecule has 4 aromatic carbocycles. The summed E-state index contributed by atoms with van der Waals surface area (Å²) in [6.07, 6.45) is 0.740. The van der Waals surface area contributed by atoms with E-state index < -0.39 is 0 Å². The number of amides is 1. The predicted octanol–water partition coefficient (Wildman–Crippen LogP) is 8.35. The van der Waals surface area contributed by atoms with Crippen molar-refractivity contribution in [1.29, 1.82) is 0 Å². The second-order valence-corrected chi connectivity index (χ2v) is 10.5. The molecule has 196 valence electrons. The van der Waals surface area contributed by atoms with Crippen molar-refractivity contribution in [2.75, 3.05) is 6.54 Å². The van der Waals surface area contributed by atoms with E-state index in [1.807, 2.05) is 71.6 Å². The molecule has 0 fully saturated rings. The molecule has 0 N–H and O–H groups in total. The molecule has 0 saturated carbocycles. The SMILES string of the molecule is Cc1ccc(-c2cc(C(=O)N(CCc3ccccc3)Cc3ccccc3)n(-c3ccc(Cl)c(Cl)c3)n2)cc1C. The van der Waals surface area contributed by atoms with Gasteiger partial charge in [0.15, 0.2) is 0 Å². The van der Waals surface area contributed by atoms with Gasteiger partial charge in [-0.2, -0.15) is 5.10 Å². The minimum absolute atomic E-state index is 0.108. The molecule has 0 aliphatic heterocycles. The largest absolute Gasteiger partial charge is 0.333 e. The summed E-state index contributed by atoms with van der Waals surface area (Å²) in [7, 11) is 0. The smallest absolute Gasteiger partial charge is 0.272 e. The summed E-state index contributed by atoms with van der Waals surface area (Å²) in [5, 5.41) is 5.74. The lowest BCUT2D eigenvalue weighted by atomic mass is 10.0. The van der Waals surface area contributed by atoms with Gasteiger partial charge in [0.2, 0.25) is 0 Å². The second-order valence-electron chi connectivity index (χ2n) is 9.67. The van der Waals surface area contributed by atoms with Gasteiger partial charge in [-0.3, -0.25) is 4.79 Å². The number of aryl methyl sites for hydroxylation is 2. The maximum Gasteiger partial charge on any atom is 0.272 e. The van der Waals surface area contributed by atoms with Gasteiger partial charge in [0.25, 0.3) is 5.91 Å². The molecule has 6 heteroatoms. The first kappa shape index (κ1) is 26.7. The number of nitrogens with zero attached hydrogens (tertiary/aromatic N) is 3. The van der Waals surface area contributed by atoms with Gasteiger partial charge < -0.3 is 4.90 Å². The van der Waals surface area contributed by atoms with Gasteiger partial charge >= 0.3 is 0 Å². The number of benzene rings is 4. The van der Waals surface area contributed by atoms with Crippen LogP contribution < -0.4 is 0 Å². The highest BCUT2D eigenvalue weighted by molar-refractivity contribution is 6.42. The molecule has 5 aromatic rings. The molecule has 0 atom stereocenters. The fourth-order valence-electron chi connectivity index (χ4n) is 4.52. The van der Waals surface area contributed by atoms with Crippen LogP contribution in [-0.4, -0.2) is 27.1 Å². The van der Waals surface area contributed by atoms with Gasteiger partial charge in [0.05, 0.1) is 21.4 Å². The van der Waals surface area contributed by atoms with E-state index in [2.05, 4.69) is 38.1 Å². The molecule has 5 rings (SSSR count). The molecule has 0 bridgehead atoms. The molecule has 0 aliphatic carbocycles. The van der Waals surface area contributed by atoms with Crippen LogP contribution in [0.3, 0.4) is 0 Å². The molecule has 1 amide bonds. The molecular weight excluding hydrogens is 525 g/mol. The van der Waals surface area contributed by atoms with E-state index in [0.717, 1.165) is 28.8 Å². The van der Waals surface area contributed by atoms with Gasteiger partial charge in [-0.25, -0.2) is 4.68 Å². The summed E-state index contributed by atoms with van der Waals surface area (Å²) in [5.74, 6) is -0.108. The van der Waals surface area contributed by atoms with Crippen LogP contribution in [0.5, 0.6) is 0 Å². The van der Waals surface area contributed by atoms with E-state index in [0.29, 0.717) is 34.5 Å². The molecule has 39 heavy (non-hydrogen) atoms. The van der Waals surface area contributed by atoms with Crippen molar-refractivity contribution in [1.82, 2.24) is 14.7 Å². The van der Waals surface area contributed by atoms with Crippen LogP contribution >= 0.6 is 23.2 Å². The van der Waals surface area contributed by atoms with E-state index in [1.165, 1.54) is 11.1 Å². The molecule has 1 aromatic heterocycles. The van der Waals surface area contributed by atoms with Gasteiger partial charge in [0.1, 0.15) is 5.69 Å². The molecule has 0 spiro atoms. The molecule has 0 unspecified atom stereocenters. The first-order valence-electron chi connectivity index (χ1n) is 12.9. The number of rotatable bonds is 8. The highest BCUT2D eigenvalue weighted by Gasteiger charge is 2.24. The van der Waals surface area contributed by atoms with E-state index in [4.69, 9.17) is 28.3 Å². The van der Waals surface area contributed by atoms with Gasteiger partial charge in [-0.1, -0.05) is 96.0 Å². The van der Waals surface area contributed by atoms with Crippen molar-refractivity contribution >= 4 is 29.1 Å². The third kappa shape index (κ3) is 6.25. The van der Waals surface area contributed by atoms with Crippen molar-refractivity contribution in [3.05, 3.63) is 141 Å². The first-order valence-corrected chi connectivity index (χ1v) is 13.6. The third-order valence-corrected chi connectivity index (χ3v) is 7.63. The maximum atomic E-state index is 14.3. The van der Waals surface area contributed by atoms with Crippen molar-refractivity contribution < 1.29 is 4.79 Å². The molecule has 4 nitrogen and oxygen atoms in total. The van der Waals surface area contributed by atoms with Crippen LogP contribution in [0, 0.1) is 13.8 Å². The Morgan fingerprint density at radius 2 is 1.46 bits per heavy atom. The molecule has 0 radical (unpaired) electrons. The predicted molar refractivity (Wildman–Crippen MR) is 160 cm³/mol. The van der Waals surface area contributed by atoms with E-state index >= 15 is 0 Å². The zero-order valence-electron chi connectivity index (χ0n) is 21.9. The first-order chi connectivity index (χ1) is 18.9. The van der Waals surface area contributed by atoms with Gasteiger partial charge in [-0.05, 0) is 72.9 Å². The summed E-state index contributed by atoms with van der Waals surface area (Å²) in [5.41, 5.74) is 7.41. The standard InChI is InChI=1S/C33H29Cl2N3O/c1-23-13-14-27(19-24(23)2)31-21-32(38(36-31)28-15-16-29(34)30(35)20-28)33(39)37(22-26-11-7-4-8-12-26)18-17-25-9-5-3-6-10-25/h3-16,19-21H,17-18,22H2,1-2H3. The summed E-state index contributed by atoms with van der Waals surface area (Å²) >= 11 is 12.6.